The van der Waals surface area contributed by atoms with E-state index in [0.29, 0.717) is 0 Å². The van der Waals surface area contributed by atoms with E-state index in [1.807, 2.05) is 0 Å². The van der Waals surface area contributed by atoms with Crippen molar-refractivity contribution in [2.45, 2.75) is 32.4 Å². The van der Waals surface area contributed by atoms with E-state index in [-0.39, 0.29) is 6.61 Å². The van der Waals surface area contributed by atoms with Crippen molar-refractivity contribution in [2.24, 2.45) is 11.7 Å². The predicted molar refractivity (Wildman–Crippen MR) is 48.3 cm³/mol. The van der Waals surface area contributed by atoms with Gasteiger partial charge in [-0.3, -0.25) is 9.59 Å². The number of ether oxygens (including phenoxy) is 2. The highest BCUT2D eigenvalue weighted by atomic mass is 16.6. The van der Waals surface area contributed by atoms with Crippen molar-refractivity contribution >= 4 is 11.9 Å². The Morgan fingerprint density at radius 2 is 2.14 bits per heavy atom. The van der Waals surface area contributed by atoms with Crippen LogP contribution >= 0.6 is 0 Å². The third kappa shape index (κ3) is 2.45. The molecule has 5 heteroatoms. The topological polar surface area (TPSA) is 78.6 Å². The third-order valence-corrected chi connectivity index (χ3v) is 1.76. The second-order valence-corrected chi connectivity index (χ2v) is 4.31. The van der Waals surface area contributed by atoms with E-state index in [1.165, 1.54) is 0 Å². The quantitative estimate of drug-likeness (QED) is 0.470. The van der Waals surface area contributed by atoms with Gasteiger partial charge in [-0.2, -0.15) is 0 Å². The van der Waals surface area contributed by atoms with Crippen LogP contribution in [0.1, 0.15) is 20.8 Å². The van der Waals surface area contributed by atoms with Crippen molar-refractivity contribution in [2.75, 3.05) is 6.61 Å². The lowest BCUT2D eigenvalue weighted by molar-refractivity contribution is -0.164. The zero-order chi connectivity index (χ0) is 10.9. The number of hydrogen-bond donors (Lipinski definition) is 1. The molecular weight excluding hydrogens is 186 g/mol. The maximum absolute atomic E-state index is 11.5. The molecule has 5 nitrogen and oxygen atoms in total. The highest BCUT2D eigenvalue weighted by molar-refractivity contribution is 5.97. The minimum atomic E-state index is -0.964. The van der Waals surface area contributed by atoms with Gasteiger partial charge in [0.1, 0.15) is 12.2 Å². The van der Waals surface area contributed by atoms with Gasteiger partial charge in [-0.05, 0) is 20.8 Å². The molecule has 0 aromatic heterocycles. The summed E-state index contributed by atoms with van der Waals surface area (Å²) in [4.78, 5) is 22.6. The van der Waals surface area contributed by atoms with Gasteiger partial charge >= 0.3 is 11.9 Å². The van der Waals surface area contributed by atoms with Crippen LogP contribution in [-0.2, 0) is 19.1 Å². The zero-order valence-corrected chi connectivity index (χ0v) is 8.57. The Morgan fingerprint density at radius 1 is 1.57 bits per heavy atom. The molecule has 1 aliphatic rings. The smallest absolute Gasteiger partial charge is 0.322 e. The Labute approximate surface area is 82.5 Å². The Bertz CT molecular complexity index is 256. The molecule has 1 saturated heterocycles. The van der Waals surface area contributed by atoms with E-state index >= 15 is 0 Å². The van der Waals surface area contributed by atoms with Crippen LogP contribution in [0.25, 0.3) is 0 Å². The molecule has 80 valence electrons. The lowest BCUT2D eigenvalue weighted by Gasteiger charge is -2.21. The van der Waals surface area contributed by atoms with E-state index in [9.17, 15) is 9.59 Å². The molecule has 0 spiro atoms. The van der Waals surface area contributed by atoms with Crippen molar-refractivity contribution < 1.29 is 19.1 Å². The lowest BCUT2D eigenvalue weighted by atomic mass is 10.0. The molecule has 0 aromatic carbocycles. The number of esters is 2. The van der Waals surface area contributed by atoms with E-state index in [0.717, 1.165) is 0 Å². The molecule has 1 fully saturated rings. The molecule has 0 aliphatic carbocycles. The molecular formula is C9H15NO4. The van der Waals surface area contributed by atoms with Crippen LogP contribution in [0.3, 0.4) is 0 Å². The Morgan fingerprint density at radius 3 is 2.50 bits per heavy atom. The second kappa shape index (κ2) is 3.57. The summed E-state index contributed by atoms with van der Waals surface area (Å²) in [5.74, 6) is -2.16. The van der Waals surface area contributed by atoms with Crippen LogP contribution in [0.4, 0.5) is 0 Å². The Kier molecular flexibility index (Phi) is 2.80. The number of cyclic esters (lactones) is 1. The Hall–Kier alpha value is -1.10. The molecule has 2 N–H and O–H groups in total. The van der Waals surface area contributed by atoms with Crippen molar-refractivity contribution in [3.8, 4) is 0 Å². The average molecular weight is 201 g/mol. The third-order valence-electron chi connectivity index (χ3n) is 1.76. The van der Waals surface area contributed by atoms with Gasteiger partial charge in [-0.25, -0.2) is 0 Å². The molecule has 14 heavy (non-hydrogen) atoms. The lowest BCUT2D eigenvalue weighted by Crippen LogP contribution is -2.39. The van der Waals surface area contributed by atoms with Crippen molar-refractivity contribution in [1.82, 2.24) is 0 Å². The number of hydrogen-bond acceptors (Lipinski definition) is 5. The SMILES string of the molecule is CC(C)(C)OC(=O)[C@@H]1C(=O)OCC1N. The zero-order valence-electron chi connectivity index (χ0n) is 8.57. The minimum absolute atomic E-state index is 0.0861. The molecule has 1 rings (SSSR count). The number of nitrogens with two attached hydrogens (primary N) is 1. The van der Waals surface area contributed by atoms with Crippen molar-refractivity contribution in [3.63, 3.8) is 0 Å². The van der Waals surface area contributed by atoms with Gasteiger partial charge in [0.15, 0.2) is 5.92 Å². The summed E-state index contributed by atoms with van der Waals surface area (Å²) in [6, 6.07) is -0.586. The van der Waals surface area contributed by atoms with E-state index in [4.69, 9.17) is 10.5 Å². The summed E-state index contributed by atoms with van der Waals surface area (Å²) >= 11 is 0. The van der Waals surface area contributed by atoms with Gasteiger partial charge < -0.3 is 15.2 Å². The molecule has 2 atom stereocenters. The number of carbonyl (C=O) groups is 2. The first-order valence-electron chi connectivity index (χ1n) is 4.46. The standard InChI is InChI=1S/C9H15NO4/c1-9(2,3)14-8(12)6-5(10)4-13-7(6)11/h5-6H,4,10H2,1-3H3/t5?,6-/m0/s1. The van der Waals surface area contributed by atoms with Gasteiger partial charge in [0.2, 0.25) is 0 Å². The molecule has 1 aliphatic heterocycles. The summed E-state index contributed by atoms with van der Waals surface area (Å²) in [6.45, 7) is 5.28. The maximum atomic E-state index is 11.5. The highest BCUT2D eigenvalue weighted by Gasteiger charge is 2.42. The molecule has 1 heterocycles. The van der Waals surface area contributed by atoms with Gasteiger partial charge in [0.05, 0.1) is 6.04 Å². The van der Waals surface area contributed by atoms with E-state index in [1.54, 1.807) is 20.8 Å². The fourth-order valence-electron chi connectivity index (χ4n) is 1.18. The minimum Gasteiger partial charge on any atom is -0.463 e. The van der Waals surface area contributed by atoms with Crippen LogP contribution in [0.15, 0.2) is 0 Å². The summed E-state index contributed by atoms with van der Waals surface area (Å²) < 4.78 is 9.69. The molecule has 0 amide bonds. The summed E-state index contributed by atoms with van der Waals surface area (Å²) in [5, 5.41) is 0. The van der Waals surface area contributed by atoms with Crippen molar-refractivity contribution in [1.29, 1.82) is 0 Å². The summed E-state index contributed by atoms with van der Waals surface area (Å²) in [6.07, 6.45) is 0. The molecule has 1 unspecified atom stereocenters. The van der Waals surface area contributed by atoms with Gasteiger partial charge in [0, 0.05) is 0 Å². The van der Waals surface area contributed by atoms with Crippen LogP contribution in [-0.4, -0.2) is 30.2 Å². The van der Waals surface area contributed by atoms with Gasteiger partial charge in [-0.1, -0.05) is 0 Å². The fourth-order valence-corrected chi connectivity index (χ4v) is 1.18. The largest absolute Gasteiger partial charge is 0.463 e. The first kappa shape index (κ1) is 11.0. The fraction of sp³-hybridized carbons (Fsp3) is 0.778. The Balaban J connectivity index is 2.65. The molecule has 0 bridgehead atoms. The molecule has 0 saturated carbocycles. The normalized spacial score (nSPS) is 27.3. The van der Waals surface area contributed by atoms with Crippen LogP contribution in [0, 0.1) is 5.92 Å². The monoisotopic (exact) mass is 201 g/mol. The maximum Gasteiger partial charge on any atom is 0.322 e. The highest BCUT2D eigenvalue weighted by Crippen LogP contribution is 2.18. The number of carbonyl (C=O) groups excluding carboxylic acids is 2. The van der Waals surface area contributed by atoms with Gasteiger partial charge in [-0.15, -0.1) is 0 Å². The molecule has 0 aromatic rings. The summed E-state index contributed by atoms with van der Waals surface area (Å²) in [7, 11) is 0. The summed E-state index contributed by atoms with van der Waals surface area (Å²) in [5.41, 5.74) is 4.93. The first-order valence-corrected chi connectivity index (χ1v) is 4.46. The van der Waals surface area contributed by atoms with E-state index < -0.39 is 29.5 Å². The average Bonchev–Trinajstić information content (AvgIpc) is 2.27. The second-order valence-electron chi connectivity index (χ2n) is 4.31. The van der Waals surface area contributed by atoms with Gasteiger partial charge in [0.25, 0.3) is 0 Å². The van der Waals surface area contributed by atoms with Crippen molar-refractivity contribution in [3.05, 3.63) is 0 Å². The first-order chi connectivity index (χ1) is 6.31. The number of rotatable bonds is 1. The predicted octanol–water partition coefficient (Wildman–Crippen LogP) is -0.172. The van der Waals surface area contributed by atoms with Crippen LogP contribution < -0.4 is 5.73 Å². The van der Waals surface area contributed by atoms with Crippen LogP contribution in [0.2, 0.25) is 0 Å². The van der Waals surface area contributed by atoms with E-state index in [2.05, 4.69) is 4.74 Å². The van der Waals surface area contributed by atoms with Crippen LogP contribution in [0.5, 0.6) is 0 Å². The molecule has 0 radical (unpaired) electrons.